The second-order valence-corrected chi connectivity index (χ2v) is 3.31. The third kappa shape index (κ3) is 2.28. The molecule has 3 N–H and O–H groups in total. The molecule has 0 saturated heterocycles. The first-order valence-electron chi connectivity index (χ1n) is 4.39. The van der Waals surface area contributed by atoms with Crippen molar-refractivity contribution in [1.82, 2.24) is 0 Å². The van der Waals surface area contributed by atoms with Crippen molar-refractivity contribution >= 4 is 12.7 Å². The average molecular weight is 246 g/mol. The van der Waals surface area contributed by atoms with Crippen LogP contribution in [0.1, 0.15) is 15.9 Å². The van der Waals surface area contributed by atoms with Crippen molar-refractivity contribution in [2.45, 2.75) is 11.8 Å². The van der Waals surface area contributed by atoms with Crippen molar-refractivity contribution in [2.75, 3.05) is 0 Å². The van der Waals surface area contributed by atoms with Crippen molar-refractivity contribution in [3.8, 4) is 0 Å². The van der Waals surface area contributed by atoms with E-state index in [4.69, 9.17) is 10.8 Å². The fourth-order valence-corrected chi connectivity index (χ4v) is 1.23. The van der Waals surface area contributed by atoms with Crippen LogP contribution in [0, 0.1) is 0 Å². The second-order valence-electron chi connectivity index (χ2n) is 3.31. The zero-order valence-corrected chi connectivity index (χ0v) is 8.53. The van der Waals surface area contributed by atoms with E-state index in [2.05, 4.69) is 11.7 Å². The molecule has 0 spiro atoms. The average Bonchev–Trinajstić information content (AvgIpc) is 2.26. The second kappa shape index (κ2) is 4.17. The Hall–Kier alpha value is -1.89. The maximum atomic E-state index is 12.7. The Bertz CT molecular complexity index is 459. The summed E-state index contributed by atoms with van der Waals surface area (Å²) in [7, 11) is 0. The first kappa shape index (κ1) is 13.2. The number of alkyl halides is 3. The van der Waals surface area contributed by atoms with Crippen LogP contribution in [-0.4, -0.2) is 24.0 Å². The van der Waals surface area contributed by atoms with Gasteiger partial charge >= 0.3 is 12.1 Å². The molecule has 0 aliphatic rings. The van der Waals surface area contributed by atoms with Gasteiger partial charge in [-0.25, -0.2) is 4.79 Å². The van der Waals surface area contributed by atoms with Gasteiger partial charge < -0.3 is 5.11 Å². The monoisotopic (exact) mass is 246 g/mol. The molecule has 0 amide bonds. The molecule has 0 aromatic heterocycles. The number of nitrogens with two attached hydrogens (primary N) is 1. The van der Waals surface area contributed by atoms with Crippen LogP contribution in [0.4, 0.5) is 13.2 Å². The van der Waals surface area contributed by atoms with Gasteiger partial charge in [0.15, 0.2) is 0 Å². The van der Waals surface area contributed by atoms with E-state index in [0.717, 1.165) is 24.3 Å². The Kier molecular flexibility index (Phi) is 3.23. The van der Waals surface area contributed by atoms with Gasteiger partial charge in [0.1, 0.15) is 0 Å². The summed E-state index contributed by atoms with van der Waals surface area (Å²) in [5, 5.41) is 8.68. The number of hydrogen-bond donors (Lipinski definition) is 2. The normalized spacial score (nSPS) is 15.1. The fourth-order valence-electron chi connectivity index (χ4n) is 1.23. The third-order valence-corrected chi connectivity index (χ3v) is 2.23. The maximum Gasteiger partial charge on any atom is 0.431 e. The van der Waals surface area contributed by atoms with E-state index in [9.17, 15) is 18.0 Å². The van der Waals surface area contributed by atoms with Gasteiger partial charge in [0.2, 0.25) is 5.66 Å². The van der Waals surface area contributed by atoms with Crippen molar-refractivity contribution in [1.29, 1.82) is 0 Å². The van der Waals surface area contributed by atoms with Gasteiger partial charge in [-0.05, 0) is 18.9 Å². The quantitative estimate of drug-likeness (QED) is 0.798. The largest absolute Gasteiger partial charge is 0.478 e. The van der Waals surface area contributed by atoms with Crippen LogP contribution in [0.15, 0.2) is 29.3 Å². The zero-order valence-electron chi connectivity index (χ0n) is 8.53. The van der Waals surface area contributed by atoms with Crippen molar-refractivity contribution in [2.24, 2.45) is 10.7 Å². The van der Waals surface area contributed by atoms with Crippen LogP contribution in [0.2, 0.25) is 0 Å². The van der Waals surface area contributed by atoms with E-state index in [-0.39, 0.29) is 5.56 Å². The van der Waals surface area contributed by atoms with Crippen LogP contribution < -0.4 is 5.73 Å². The molecule has 0 aliphatic heterocycles. The third-order valence-electron chi connectivity index (χ3n) is 2.23. The first-order valence-corrected chi connectivity index (χ1v) is 4.39. The number of carboxylic acids is 1. The Morgan fingerprint density at radius 1 is 1.41 bits per heavy atom. The molecule has 4 nitrogen and oxygen atoms in total. The SMILES string of the molecule is C=NC(N)(c1cccc(C(=O)O)c1)C(F)(F)F. The van der Waals surface area contributed by atoms with Gasteiger partial charge in [-0.2, -0.15) is 13.2 Å². The molecule has 1 atom stereocenters. The predicted octanol–water partition coefficient (Wildman–Crippen LogP) is 1.76. The van der Waals surface area contributed by atoms with Crippen LogP contribution in [0.3, 0.4) is 0 Å². The topological polar surface area (TPSA) is 75.7 Å². The minimum atomic E-state index is -4.86. The molecule has 0 radical (unpaired) electrons. The molecular weight excluding hydrogens is 237 g/mol. The summed E-state index contributed by atoms with van der Waals surface area (Å²) >= 11 is 0. The van der Waals surface area contributed by atoms with Gasteiger partial charge in [0, 0.05) is 5.56 Å². The number of rotatable bonds is 3. The lowest BCUT2D eigenvalue weighted by Crippen LogP contribution is -2.48. The zero-order chi connectivity index (χ0) is 13.3. The van der Waals surface area contributed by atoms with Gasteiger partial charge in [0.05, 0.1) is 5.56 Å². The summed E-state index contributed by atoms with van der Waals surface area (Å²) in [6, 6.07) is 4.20. The molecule has 0 heterocycles. The summed E-state index contributed by atoms with van der Waals surface area (Å²) in [6.07, 6.45) is -4.86. The smallest absolute Gasteiger partial charge is 0.431 e. The summed E-state index contributed by atoms with van der Waals surface area (Å²) in [6.45, 7) is 2.81. The molecule has 0 saturated carbocycles. The molecule has 1 aromatic carbocycles. The first-order chi connectivity index (χ1) is 7.72. The maximum absolute atomic E-state index is 12.7. The highest BCUT2D eigenvalue weighted by Gasteiger charge is 2.53. The number of benzene rings is 1. The number of aromatic carboxylic acids is 1. The summed E-state index contributed by atoms with van der Waals surface area (Å²) < 4.78 is 38.2. The molecule has 0 aliphatic carbocycles. The lowest BCUT2D eigenvalue weighted by molar-refractivity contribution is -0.186. The van der Waals surface area contributed by atoms with Crippen LogP contribution >= 0.6 is 0 Å². The van der Waals surface area contributed by atoms with Crippen molar-refractivity contribution in [3.63, 3.8) is 0 Å². The molecule has 92 valence electrons. The van der Waals surface area contributed by atoms with Gasteiger partial charge in [0.25, 0.3) is 0 Å². The van der Waals surface area contributed by atoms with Crippen LogP contribution in [0.5, 0.6) is 0 Å². The Balaban J connectivity index is 3.36. The minimum Gasteiger partial charge on any atom is -0.478 e. The highest BCUT2D eigenvalue weighted by molar-refractivity contribution is 5.87. The Morgan fingerprint density at radius 2 is 2.00 bits per heavy atom. The number of carbonyl (C=O) groups is 1. The van der Waals surface area contributed by atoms with E-state index >= 15 is 0 Å². The molecular formula is C10H9F3N2O2. The molecule has 1 rings (SSSR count). The number of nitrogens with zero attached hydrogens (tertiary/aromatic N) is 1. The van der Waals surface area contributed by atoms with Crippen molar-refractivity contribution < 1.29 is 23.1 Å². The lowest BCUT2D eigenvalue weighted by atomic mass is 9.98. The molecule has 0 fully saturated rings. The molecule has 7 heteroatoms. The summed E-state index contributed by atoms with van der Waals surface area (Å²) in [4.78, 5) is 13.5. The predicted molar refractivity (Wildman–Crippen MR) is 54.9 cm³/mol. The number of hydrogen-bond acceptors (Lipinski definition) is 3. The number of halogens is 3. The standard InChI is InChI=1S/C10H9F3N2O2/c1-15-9(14,10(11,12)13)7-4-2-3-6(5-7)8(16)17/h2-5H,1,14H2,(H,16,17). The van der Waals surface area contributed by atoms with E-state index in [1.807, 2.05) is 0 Å². The van der Waals surface area contributed by atoms with E-state index in [1.165, 1.54) is 0 Å². The van der Waals surface area contributed by atoms with Crippen LogP contribution in [0.25, 0.3) is 0 Å². The fraction of sp³-hybridized carbons (Fsp3) is 0.200. The summed E-state index contributed by atoms with van der Waals surface area (Å²) in [5.74, 6) is -1.35. The molecule has 17 heavy (non-hydrogen) atoms. The number of carboxylic acid groups (broad SMARTS) is 1. The van der Waals surface area contributed by atoms with Crippen LogP contribution in [-0.2, 0) is 5.66 Å². The highest BCUT2D eigenvalue weighted by atomic mass is 19.4. The van der Waals surface area contributed by atoms with Gasteiger partial charge in [-0.15, -0.1) is 0 Å². The molecule has 1 unspecified atom stereocenters. The Labute approximate surface area is 94.6 Å². The lowest BCUT2D eigenvalue weighted by Gasteiger charge is -2.27. The van der Waals surface area contributed by atoms with Crippen molar-refractivity contribution in [3.05, 3.63) is 35.4 Å². The van der Waals surface area contributed by atoms with E-state index in [1.54, 1.807) is 0 Å². The van der Waals surface area contributed by atoms with E-state index < -0.39 is 23.4 Å². The molecule has 0 bridgehead atoms. The number of aliphatic imine (C=N–C) groups is 1. The highest BCUT2D eigenvalue weighted by Crippen LogP contribution is 2.37. The van der Waals surface area contributed by atoms with E-state index in [0.29, 0.717) is 0 Å². The Morgan fingerprint density at radius 3 is 2.41 bits per heavy atom. The van der Waals surface area contributed by atoms with Gasteiger partial charge in [-0.3, -0.25) is 10.7 Å². The summed E-state index contributed by atoms with van der Waals surface area (Å²) in [5.41, 5.74) is 1.34. The minimum absolute atomic E-state index is 0.301. The van der Waals surface area contributed by atoms with Gasteiger partial charge in [-0.1, -0.05) is 12.1 Å². The molecule has 1 aromatic rings.